The molecule has 0 radical (unpaired) electrons. The van der Waals surface area contributed by atoms with Crippen molar-refractivity contribution in [3.05, 3.63) is 65.7 Å². The predicted octanol–water partition coefficient (Wildman–Crippen LogP) is -9.81. The van der Waals surface area contributed by atoms with Gasteiger partial charge >= 0.3 is 74.3 Å². The third-order valence-corrected chi connectivity index (χ3v) is 2.91. The zero-order chi connectivity index (χ0) is 19.6. The standard InChI is InChI=1S/C8H6O4.Al.3NO3.2Na.H2O/c9-7(10)5-1-2-6(4-3-5)8(11)12;;3*2-1(3)4;;;/h1-4H,(H,9,10)(H,11,12);;;;;;;1H2/q;+3;3*-1;2*+1;/p-2. The first-order valence-corrected chi connectivity index (χ1v) is 6.90. The largest absolute Gasteiger partial charge is 1.00 e. The normalized spacial score (nSPS) is 7.86. The fourth-order valence-electron chi connectivity index (χ4n) is 1.01. The van der Waals surface area contributed by atoms with Crippen molar-refractivity contribution in [2.24, 2.45) is 0 Å². The number of carboxylic acids is 2. The van der Waals surface area contributed by atoms with Crippen LogP contribution in [0.1, 0.15) is 20.7 Å². The summed E-state index contributed by atoms with van der Waals surface area (Å²) in [6.07, 6.45) is 0. The third-order valence-electron chi connectivity index (χ3n) is 1.87. The second-order valence-corrected chi connectivity index (χ2v) is 4.64. The van der Waals surface area contributed by atoms with Crippen LogP contribution in [0.5, 0.6) is 0 Å². The molecule has 0 atom stereocenters. The number of carbonyl (C=O) groups excluding carboxylic acids is 2. The van der Waals surface area contributed by atoms with Gasteiger partial charge < -0.3 is 36.9 Å². The summed E-state index contributed by atoms with van der Waals surface area (Å²) in [6.45, 7) is 0. The molecule has 0 amide bonds. The van der Waals surface area contributed by atoms with Gasteiger partial charge in [0.1, 0.15) is 0 Å². The third kappa shape index (κ3) is 16.4. The molecular weight excluding hydrogens is 435 g/mol. The Morgan fingerprint density at radius 3 is 1.07 bits per heavy atom. The van der Waals surface area contributed by atoms with Crippen LogP contribution in [0.25, 0.3) is 0 Å². The van der Waals surface area contributed by atoms with Crippen molar-refractivity contribution >= 4 is 27.1 Å². The summed E-state index contributed by atoms with van der Waals surface area (Å²) in [7, 11) is 0. The van der Waals surface area contributed by atoms with Gasteiger partial charge in [-0.25, -0.2) is 0 Å². The summed E-state index contributed by atoms with van der Waals surface area (Å²) in [6, 6.07) is 4.61. The summed E-state index contributed by atoms with van der Waals surface area (Å²) in [5, 5.41) is 44.7. The Hall–Kier alpha value is -1.75. The zero-order valence-electron chi connectivity index (χ0n) is 14.0. The van der Waals surface area contributed by atoms with Crippen LogP contribution in [0.2, 0.25) is 0 Å². The number of hydrogen-bond acceptors (Lipinski definition) is 13. The van der Waals surface area contributed by atoms with E-state index in [0.717, 1.165) is 24.3 Å². The summed E-state index contributed by atoms with van der Waals surface area (Å²) >= 11 is -4.00. The monoisotopic (exact) mass is 441 g/mol. The molecule has 0 fully saturated rings. The number of hydrogen-bond donors (Lipinski definition) is 0. The van der Waals surface area contributed by atoms with Gasteiger partial charge in [0.05, 0.1) is 11.9 Å². The number of rotatable bonds is 8. The van der Waals surface area contributed by atoms with Crippen LogP contribution < -0.4 is 69.3 Å². The van der Waals surface area contributed by atoms with E-state index in [9.17, 15) is 50.1 Å². The number of carbonyl (C=O) groups is 2. The van der Waals surface area contributed by atoms with Crippen LogP contribution in [0, 0.1) is 30.3 Å². The van der Waals surface area contributed by atoms with Crippen molar-refractivity contribution in [2.75, 3.05) is 0 Å². The first-order valence-electron chi connectivity index (χ1n) is 5.49. The van der Waals surface area contributed by atoms with Gasteiger partial charge in [0, 0.05) is 0 Å². The number of benzene rings is 1. The second kappa shape index (κ2) is 17.4. The maximum atomic E-state index is 10.2. The Morgan fingerprint density at radius 1 is 0.714 bits per heavy atom. The van der Waals surface area contributed by atoms with E-state index in [1.165, 1.54) is 0 Å². The minimum Gasteiger partial charge on any atom is -0.545 e. The second-order valence-electron chi connectivity index (χ2n) is 3.43. The molecule has 0 spiro atoms. The van der Waals surface area contributed by atoms with E-state index in [0.29, 0.717) is 0 Å². The maximum absolute atomic E-state index is 10.2. The molecule has 0 aliphatic rings. The molecule has 0 saturated heterocycles. The smallest absolute Gasteiger partial charge is 0.545 e. The topological polar surface area (TPSA) is 269 Å². The summed E-state index contributed by atoms with van der Waals surface area (Å²) < 4.78 is 10.2. The number of aromatic carboxylic acids is 2. The molecule has 0 bridgehead atoms. The van der Waals surface area contributed by atoms with Crippen molar-refractivity contribution in [3.8, 4) is 0 Å². The van der Waals surface area contributed by atoms with Gasteiger partial charge in [-0.1, -0.05) is 24.3 Å². The van der Waals surface area contributed by atoms with Gasteiger partial charge in [0.2, 0.25) is 0 Å². The molecule has 2 N–H and O–H groups in total. The van der Waals surface area contributed by atoms with Crippen molar-refractivity contribution in [1.82, 2.24) is 0 Å². The molecule has 1 rings (SSSR count). The van der Waals surface area contributed by atoms with Crippen LogP contribution in [-0.2, 0) is 11.7 Å². The molecule has 0 heterocycles. The summed E-state index contributed by atoms with van der Waals surface area (Å²) in [4.78, 5) is 49.2. The van der Waals surface area contributed by atoms with E-state index in [4.69, 9.17) is 0 Å². The Kier molecular flexibility index (Phi) is 21.0. The minimum atomic E-state index is -4.00. The molecule has 0 aromatic heterocycles. The molecular formula is C8H6AlN3Na2O14. The van der Waals surface area contributed by atoms with E-state index in [1.807, 2.05) is 0 Å². The quantitative estimate of drug-likeness (QED) is 0.206. The van der Waals surface area contributed by atoms with E-state index >= 15 is 0 Å². The minimum absolute atomic E-state index is 0. The molecule has 28 heavy (non-hydrogen) atoms. The fraction of sp³-hybridized carbons (Fsp3) is 0. The average Bonchev–Trinajstić information content (AvgIpc) is 2.45. The average molecular weight is 441 g/mol. The van der Waals surface area contributed by atoms with Crippen molar-refractivity contribution < 1.29 is 111 Å². The first kappa shape index (κ1) is 33.8. The predicted molar refractivity (Wildman–Crippen MR) is 68.7 cm³/mol. The van der Waals surface area contributed by atoms with Gasteiger partial charge in [-0.3, -0.25) is 0 Å². The van der Waals surface area contributed by atoms with Gasteiger partial charge in [-0.15, -0.1) is 30.3 Å². The van der Waals surface area contributed by atoms with Crippen LogP contribution in [0.3, 0.4) is 0 Å². The Labute approximate surface area is 202 Å². The van der Waals surface area contributed by atoms with Crippen LogP contribution >= 0.6 is 0 Å². The van der Waals surface area contributed by atoms with Crippen LogP contribution in [-0.4, -0.2) is 47.8 Å². The Bertz CT molecular complexity index is 602. The molecule has 0 unspecified atom stereocenters. The number of carboxylic acid groups (broad SMARTS) is 2. The van der Waals surface area contributed by atoms with Gasteiger partial charge in [0.15, 0.2) is 0 Å². The van der Waals surface area contributed by atoms with Crippen molar-refractivity contribution in [3.63, 3.8) is 0 Å². The SMILES string of the molecule is O.O=C([O-])c1ccc(C(=O)[O-])cc1.O=[N+]([O-])[O][Al]([O][N+](=O)[O-])[O][N+](=O)[O-].[Na+].[Na+]. The Morgan fingerprint density at radius 2 is 0.929 bits per heavy atom. The molecule has 0 saturated carbocycles. The van der Waals surface area contributed by atoms with Crippen LogP contribution in [0.15, 0.2) is 24.3 Å². The zero-order valence-corrected chi connectivity index (χ0v) is 19.2. The molecule has 142 valence electrons. The molecule has 0 aliphatic carbocycles. The van der Waals surface area contributed by atoms with Crippen molar-refractivity contribution in [1.29, 1.82) is 0 Å². The van der Waals surface area contributed by atoms with E-state index < -0.39 is 42.3 Å². The fourth-order valence-corrected chi connectivity index (χ4v) is 1.55. The molecule has 1 aromatic carbocycles. The van der Waals surface area contributed by atoms with Gasteiger partial charge in [-0.05, 0) is 11.1 Å². The van der Waals surface area contributed by atoms with E-state index in [1.54, 1.807) is 0 Å². The summed E-state index contributed by atoms with van der Waals surface area (Å²) in [5.74, 6) is -2.67. The maximum Gasteiger partial charge on any atom is 1.00 e. The van der Waals surface area contributed by atoms with Gasteiger partial charge in [0.25, 0.3) is 15.3 Å². The van der Waals surface area contributed by atoms with Crippen molar-refractivity contribution in [2.45, 2.75) is 0 Å². The molecule has 20 heteroatoms. The van der Waals surface area contributed by atoms with Gasteiger partial charge in [-0.2, -0.15) is 0 Å². The molecule has 17 nitrogen and oxygen atoms in total. The molecule has 0 aliphatic heterocycles. The van der Waals surface area contributed by atoms with Crippen LogP contribution in [0.4, 0.5) is 0 Å². The Balaban J connectivity index is -0.000000186. The first-order chi connectivity index (χ1) is 11.5. The number of nitrogens with zero attached hydrogens (tertiary/aromatic N) is 3. The summed E-state index contributed by atoms with van der Waals surface area (Å²) in [5.41, 5.74) is -0.111. The van der Waals surface area contributed by atoms with E-state index in [-0.39, 0.29) is 75.7 Å². The van der Waals surface area contributed by atoms with E-state index in [2.05, 4.69) is 11.7 Å². The molecule has 1 aromatic rings.